The molecular formula is C13H17N3O4. The van der Waals surface area contributed by atoms with E-state index >= 15 is 0 Å². The first-order chi connectivity index (χ1) is 9.65. The number of nitro groups is 1. The largest absolute Gasteiger partial charge is 0.378 e. The Bertz CT molecular complexity index is 486. The first-order valence-electron chi connectivity index (χ1n) is 6.56. The van der Waals surface area contributed by atoms with E-state index in [0.29, 0.717) is 12.2 Å². The zero-order valence-corrected chi connectivity index (χ0v) is 11.0. The normalized spacial score (nSPS) is 17.7. The second-order valence-corrected chi connectivity index (χ2v) is 4.61. The minimum absolute atomic E-state index is 0.0536. The summed E-state index contributed by atoms with van der Waals surface area (Å²) in [5, 5.41) is 15.9. The van der Waals surface area contributed by atoms with E-state index in [9.17, 15) is 14.9 Å². The lowest BCUT2D eigenvalue weighted by Gasteiger charge is -2.10. The Kier molecular flexibility index (Phi) is 4.89. The molecule has 7 heteroatoms. The Morgan fingerprint density at radius 3 is 3.05 bits per heavy atom. The maximum atomic E-state index is 11.6. The molecule has 1 aliphatic heterocycles. The van der Waals surface area contributed by atoms with E-state index in [2.05, 4.69) is 10.6 Å². The van der Waals surface area contributed by atoms with Gasteiger partial charge in [-0.15, -0.1) is 0 Å². The van der Waals surface area contributed by atoms with Gasteiger partial charge in [0.1, 0.15) is 0 Å². The van der Waals surface area contributed by atoms with E-state index in [-0.39, 0.29) is 17.8 Å². The van der Waals surface area contributed by atoms with Gasteiger partial charge in [-0.2, -0.15) is 0 Å². The molecule has 1 atom stereocenters. The molecule has 0 radical (unpaired) electrons. The Labute approximate surface area is 116 Å². The van der Waals surface area contributed by atoms with Crippen LogP contribution in [0.4, 0.5) is 16.2 Å². The van der Waals surface area contributed by atoms with Gasteiger partial charge in [0.15, 0.2) is 0 Å². The van der Waals surface area contributed by atoms with Crippen molar-refractivity contribution in [2.24, 2.45) is 0 Å². The minimum Gasteiger partial charge on any atom is -0.378 e. The molecule has 2 amide bonds. The van der Waals surface area contributed by atoms with Crippen LogP contribution >= 0.6 is 0 Å². The van der Waals surface area contributed by atoms with Crippen LogP contribution in [-0.4, -0.2) is 30.2 Å². The fourth-order valence-electron chi connectivity index (χ4n) is 2.09. The van der Waals surface area contributed by atoms with Crippen molar-refractivity contribution in [2.45, 2.75) is 25.4 Å². The third-order valence-corrected chi connectivity index (χ3v) is 3.09. The molecule has 1 aromatic rings. The number of nitrogens with one attached hydrogen (secondary N) is 2. The Morgan fingerprint density at radius 1 is 1.50 bits per heavy atom. The number of hydrogen-bond acceptors (Lipinski definition) is 4. The van der Waals surface area contributed by atoms with Crippen molar-refractivity contribution < 1.29 is 14.5 Å². The highest BCUT2D eigenvalue weighted by Gasteiger charge is 2.15. The second kappa shape index (κ2) is 6.85. The summed E-state index contributed by atoms with van der Waals surface area (Å²) in [5.74, 6) is 0. The number of nitrogens with zero attached hydrogens (tertiary/aromatic N) is 1. The Morgan fingerprint density at radius 2 is 2.35 bits per heavy atom. The van der Waals surface area contributed by atoms with Crippen molar-refractivity contribution in [3.63, 3.8) is 0 Å². The number of nitro benzene ring substituents is 1. The topological polar surface area (TPSA) is 93.5 Å². The number of non-ortho nitro benzene ring substituents is 1. The first-order valence-corrected chi connectivity index (χ1v) is 6.56. The number of carbonyl (C=O) groups is 1. The summed E-state index contributed by atoms with van der Waals surface area (Å²) in [5.41, 5.74) is 0.343. The maximum absolute atomic E-state index is 11.6. The highest BCUT2D eigenvalue weighted by atomic mass is 16.6. The second-order valence-electron chi connectivity index (χ2n) is 4.61. The van der Waals surface area contributed by atoms with E-state index in [1.165, 1.54) is 18.2 Å². The van der Waals surface area contributed by atoms with Gasteiger partial charge in [0, 0.05) is 31.0 Å². The summed E-state index contributed by atoms with van der Waals surface area (Å²) in [6.45, 7) is 1.32. The molecule has 0 unspecified atom stereocenters. The molecule has 0 saturated carbocycles. The lowest BCUT2D eigenvalue weighted by molar-refractivity contribution is -0.384. The van der Waals surface area contributed by atoms with Crippen molar-refractivity contribution in [3.8, 4) is 0 Å². The Hall–Kier alpha value is -2.15. The van der Waals surface area contributed by atoms with Crippen LogP contribution in [0.1, 0.15) is 19.3 Å². The van der Waals surface area contributed by atoms with Crippen molar-refractivity contribution in [2.75, 3.05) is 18.5 Å². The molecule has 1 heterocycles. The van der Waals surface area contributed by atoms with Crippen LogP contribution in [-0.2, 0) is 4.74 Å². The van der Waals surface area contributed by atoms with Crippen LogP contribution in [0, 0.1) is 10.1 Å². The first kappa shape index (κ1) is 14.3. The van der Waals surface area contributed by atoms with Crippen molar-refractivity contribution >= 4 is 17.4 Å². The molecule has 1 aromatic carbocycles. The van der Waals surface area contributed by atoms with Crippen LogP contribution in [0.25, 0.3) is 0 Å². The zero-order valence-electron chi connectivity index (χ0n) is 11.0. The van der Waals surface area contributed by atoms with E-state index in [1.54, 1.807) is 6.07 Å². The predicted molar refractivity (Wildman–Crippen MR) is 73.7 cm³/mol. The van der Waals surface area contributed by atoms with Gasteiger partial charge in [-0.05, 0) is 25.3 Å². The zero-order chi connectivity index (χ0) is 14.4. The van der Waals surface area contributed by atoms with E-state index in [4.69, 9.17) is 4.74 Å². The fraction of sp³-hybridized carbons (Fsp3) is 0.462. The van der Waals surface area contributed by atoms with Crippen LogP contribution in [0.2, 0.25) is 0 Å². The lowest BCUT2D eigenvalue weighted by Crippen LogP contribution is -2.31. The summed E-state index contributed by atoms with van der Waals surface area (Å²) in [7, 11) is 0. The lowest BCUT2D eigenvalue weighted by atomic mass is 10.2. The number of hydrogen-bond donors (Lipinski definition) is 2. The molecule has 0 bridgehead atoms. The molecule has 108 valence electrons. The predicted octanol–water partition coefficient (Wildman–Crippen LogP) is 2.29. The average molecular weight is 279 g/mol. The van der Waals surface area contributed by atoms with Crippen LogP contribution < -0.4 is 10.6 Å². The monoisotopic (exact) mass is 279 g/mol. The van der Waals surface area contributed by atoms with Gasteiger partial charge in [-0.25, -0.2) is 4.79 Å². The summed E-state index contributed by atoms with van der Waals surface area (Å²) in [6, 6.07) is 5.45. The van der Waals surface area contributed by atoms with Crippen LogP contribution in [0.3, 0.4) is 0 Å². The third-order valence-electron chi connectivity index (χ3n) is 3.09. The molecular weight excluding hydrogens is 262 g/mol. The van der Waals surface area contributed by atoms with Crippen LogP contribution in [0.5, 0.6) is 0 Å². The van der Waals surface area contributed by atoms with Gasteiger partial charge >= 0.3 is 6.03 Å². The van der Waals surface area contributed by atoms with E-state index in [0.717, 1.165) is 25.9 Å². The maximum Gasteiger partial charge on any atom is 0.319 e. The van der Waals surface area contributed by atoms with Gasteiger partial charge in [0.05, 0.1) is 11.0 Å². The standard InChI is InChI=1S/C13H17N3O4/c17-13(14-7-6-12-5-2-8-20-12)15-10-3-1-4-11(9-10)16(18)19/h1,3-4,9,12H,2,5-8H2,(H2,14,15,17)/t12-/m1/s1. The van der Waals surface area contributed by atoms with Gasteiger partial charge in [-0.3, -0.25) is 10.1 Å². The number of ether oxygens (including phenoxy) is 1. The van der Waals surface area contributed by atoms with Crippen molar-refractivity contribution in [1.82, 2.24) is 5.32 Å². The summed E-state index contributed by atoms with van der Waals surface area (Å²) >= 11 is 0. The van der Waals surface area contributed by atoms with Crippen molar-refractivity contribution in [3.05, 3.63) is 34.4 Å². The molecule has 7 nitrogen and oxygen atoms in total. The van der Waals surface area contributed by atoms with E-state index < -0.39 is 4.92 Å². The smallest absolute Gasteiger partial charge is 0.319 e. The number of anilines is 1. The van der Waals surface area contributed by atoms with Crippen molar-refractivity contribution in [1.29, 1.82) is 0 Å². The number of urea groups is 1. The quantitative estimate of drug-likeness (QED) is 0.638. The minimum atomic E-state index is -0.499. The molecule has 0 spiro atoms. The fourth-order valence-corrected chi connectivity index (χ4v) is 2.09. The van der Waals surface area contributed by atoms with E-state index in [1.807, 2.05) is 0 Å². The highest BCUT2D eigenvalue weighted by Crippen LogP contribution is 2.17. The highest BCUT2D eigenvalue weighted by molar-refractivity contribution is 5.89. The number of carbonyl (C=O) groups excluding carboxylic acids is 1. The SMILES string of the molecule is O=C(NCC[C@H]1CCCO1)Nc1cccc([N+](=O)[O-])c1. The number of rotatable bonds is 5. The third kappa shape index (κ3) is 4.20. The summed E-state index contributed by atoms with van der Waals surface area (Å²) < 4.78 is 5.45. The average Bonchev–Trinajstić information content (AvgIpc) is 2.92. The van der Waals surface area contributed by atoms with Gasteiger partial charge in [-0.1, -0.05) is 6.07 Å². The van der Waals surface area contributed by atoms with Gasteiger partial charge < -0.3 is 15.4 Å². The number of amides is 2. The van der Waals surface area contributed by atoms with Gasteiger partial charge in [0.2, 0.25) is 0 Å². The molecule has 1 fully saturated rings. The van der Waals surface area contributed by atoms with Gasteiger partial charge in [0.25, 0.3) is 5.69 Å². The molecule has 2 rings (SSSR count). The number of benzene rings is 1. The van der Waals surface area contributed by atoms with Crippen LogP contribution in [0.15, 0.2) is 24.3 Å². The molecule has 1 aliphatic rings. The molecule has 0 aliphatic carbocycles. The Balaban J connectivity index is 1.76. The molecule has 20 heavy (non-hydrogen) atoms. The molecule has 1 saturated heterocycles. The molecule has 2 N–H and O–H groups in total. The summed E-state index contributed by atoms with van der Waals surface area (Å²) in [6.07, 6.45) is 3.12. The molecule has 0 aromatic heterocycles. The summed E-state index contributed by atoms with van der Waals surface area (Å²) in [4.78, 5) is 21.8.